The standard InChI is InChI=1S/C27H32N2O5/c1-5-31-25-14-21-11-12-29(16-22(21)15-26(25)32-6-2)27(30)13-20-7-9-23(10-8-20)33-17-24-18(3)28-34-19(24)4/h7-10,14-15H,5-6,11-13,16-17H2,1-4H3. The van der Waals surface area contributed by atoms with Gasteiger partial charge in [-0.25, -0.2) is 0 Å². The van der Waals surface area contributed by atoms with E-state index < -0.39 is 0 Å². The largest absolute Gasteiger partial charge is 0.490 e. The molecule has 3 aromatic rings. The third-order valence-electron chi connectivity index (χ3n) is 6.07. The second-order valence-corrected chi connectivity index (χ2v) is 8.41. The highest BCUT2D eigenvalue weighted by Crippen LogP contribution is 2.34. The van der Waals surface area contributed by atoms with Crippen molar-refractivity contribution >= 4 is 5.91 Å². The van der Waals surface area contributed by atoms with E-state index in [1.54, 1.807) is 0 Å². The second kappa shape index (κ2) is 10.6. The smallest absolute Gasteiger partial charge is 0.227 e. The first kappa shape index (κ1) is 23.7. The van der Waals surface area contributed by atoms with Gasteiger partial charge < -0.3 is 23.6 Å². The van der Waals surface area contributed by atoms with Crippen molar-refractivity contribution < 1.29 is 23.5 Å². The highest BCUT2D eigenvalue weighted by molar-refractivity contribution is 5.79. The van der Waals surface area contributed by atoms with E-state index in [9.17, 15) is 4.79 Å². The predicted octanol–water partition coefficient (Wildman–Crippen LogP) is 4.80. The minimum Gasteiger partial charge on any atom is -0.490 e. The summed E-state index contributed by atoms with van der Waals surface area (Å²) in [4.78, 5) is 14.9. The summed E-state index contributed by atoms with van der Waals surface area (Å²) in [5.41, 5.74) is 5.10. The van der Waals surface area contributed by atoms with Gasteiger partial charge in [-0.15, -0.1) is 0 Å². The van der Waals surface area contributed by atoms with Gasteiger partial charge in [0.2, 0.25) is 5.91 Å². The average molecular weight is 465 g/mol. The molecule has 1 aliphatic rings. The van der Waals surface area contributed by atoms with Gasteiger partial charge in [-0.3, -0.25) is 4.79 Å². The van der Waals surface area contributed by atoms with Crippen molar-refractivity contribution in [3.63, 3.8) is 0 Å². The molecule has 34 heavy (non-hydrogen) atoms. The van der Waals surface area contributed by atoms with E-state index in [2.05, 4.69) is 11.2 Å². The summed E-state index contributed by atoms with van der Waals surface area (Å²) >= 11 is 0. The Morgan fingerprint density at radius 1 is 1.00 bits per heavy atom. The van der Waals surface area contributed by atoms with Crippen molar-refractivity contribution in [3.05, 3.63) is 70.1 Å². The van der Waals surface area contributed by atoms with Crippen LogP contribution in [0.3, 0.4) is 0 Å². The molecule has 7 nitrogen and oxygen atoms in total. The van der Waals surface area contributed by atoms with Gasteiger partial charge in [-0.1, -0.05) is 17.3 Å². The zero-order valence-electron chi connectivity index (χ0n) is 20.3. The number of benzene rings is 2. The van der Waals surface area contributed by atoms with Crippen LogP contribution in [0.2, 0.25) is 0 Å². The van der Waals surface area contributed by atoms with Crippen LogP contribution in [-0.2, 0) is 30.8 Å². The maximum Gasteiger partial charge on any atom is 0.227 e. The normalized spacial score (nSPS) is 12.9. The first-order valence-corrected chi connectivity index (χ1v) is 11.8. The molecule has 0 saturated heterocycles. The fourth-order valence-corrected chi connectivity index (χ4v) is 4.17. The number of carbonyl (C=O) groups is 1. The number of aryl methyl sites for hydroxylation is 2. The highest BCUT2D eigenvalue weighted by atomic mass is 16.5. The van der Waals surface area contributed by atoms with E-state index in [4.69, 9.17) is 18.7 Å². The van der Waals surface area contributed by atoms with Crippen LogP contribution in [-0.4, -0.2) is 35.7 Å². The van der Waals surface area contributed by atoms with Gasteiger partial charge >= 0.3 is 0 Å². The number of fused-ring (bicyclic) bond motifs is 1. The van der Waals surface area contributed by atoms with Crippen LogP contribution in [0, 0.1) is 13.8 Å². The molecule has 1 aromatic heterocycles. The molecule has 0 N–H and O–H groups in total. The number of rotatable bonds is 9. The first-order valence-electron chi connectivity index (χ1n) is 11.8. The van der Waals surface area contributed by atoms with Gasteiger partial charge in [-0.05, 0) is 75.1 Å². The van der Waals surface area contributed by atoms with E-state index in [1.165, 1.54) is 5.56 Å². The van der Waals surface area contributed by atoms with Gasteiger partial charge in [0.25, 0.3) is 0 Å². The summed E-state index contributed by atoms with van der Waals surface area (Å²) in [5.74, 6) is 3.15. The molecule has 0 saturated carbocycles. The number of carbonyl (C=O) groups excluding carboxylic acids is 1. The van der Waals surface area contributed by atoms with E-state index in [-0.39, 0.29) is 5.91 Å². The Kier molecular flexibility index (Phi) is 7.40. The molecular weight excluding hydrogens is 432 g/mol. The fraction of sp³-hybridized carbons (Fsp3) is 0.407. The van der Waals surface area contributed by atoms with E-state index in [0.717, 1.165) is 51.8 Å². The van der Waals surface area contributed by atoms with E-state index in [0.29, 0.717) is 39.3 Å². The Bertz CT molecular complexity index is 1120. The van der Waals surface area contributed by atoms with Crippen LogP contribution in [0.15, 0.2) is 40.9 Å². The lowest BCUT2D eigenvalue weighted by molar-refractivity contribution is -0.131. The quantitative estimate of drug-likeness (QED) is 0.453. The molecule has 7 heteroatoms. The minimum atomic E-state index is 0.113. The van der Waals surface area contributed by atoms with Crippen LogP contribution in [0.1, 0.15) is 47.6 Å². The summed E-state index contributed by atoms with van der Waals surface area (Å²) in [7, 11) is 0. The average Bonchev–Trinajstić information content (AvgIpc) is 3.16. The van der Waals surface area contributed by atoms with Crippen molar-refractivity contribution in [2.45, 2.75) is 53.7 Å². The number of hydrogen-bond acceptors (Lipinski definition) is 6. The molecule has 0 spiro atoms. The maximum atomic E-state index is 13.0. The van der Waals surface area contributed by atoms with Crippen molar-refractivity contribution in [2.24, 2.45) is 0 Å². The molecule has 180 valence electrons. The fourth-order valence-electron chi connectivity index (χ4n) is 4.17. The molecule has 2 aromatic carbocycles. The Labute approximate surface area is 200 Å². The van der Waals surface area contributed by atoms with E-state index in [1.807, 2.05) is 62.9 Å². The topological polar surface area (TPSA) is 74.0 Å². The molecule has 0 aliphatic carbocycles. The molecule has 1 amide bonds. The van der Waals surface area contributed by atoms with Crippen molar-refractivity contribution in [2.75, 3.05) is 19.8 Å². The monoisotopic (exact) mass is 464 g/mol. The summed E-state index contributed by atoms with van der Waals surface area (Å²) in [5, 5.41) is 3.95. The third kappa shape index (κ3) is 5.35. The molecular formula is C27H32N2O5. The van der Waals surface area contributed by atoms with Crippen LogP contribution in [0.25, 0.3) is 0 Å². The Morgan fingerprint density at radius 3 is 2.29 bits per heavy atom. The number of amides is 1. The van der Waals surface area contributed by atoms with Gasteiger partial charge in [0, 0.05) is 13.1 Å². The molecule has 1 aliphatic heterocycles. The van der Waals surface area contributed by atoms with Gasteiger partial charge in [0.1, 0.15) is 18.1 Å². The third-order valence-corrected chi connectivity index (χ3v) is 6.07. The molecule has 4 rings (SSSR count). The highest BCUT2D eigenvalue weighted by Gasteiger charge is 2.23. The predicted molar refractivity (Wildman–Crippen MR) is 128 cm³/mol. The number of hydrogen-bond donors (Lipinski definition) is 0. The molecule has 0 atom stereocenters. The lowest BCUT2D eigenvalue weighted by Crippen LogP contribution is -2.37. The zero-order valence-corrected chi connectivity index (χ0v) is 20.3. The molecule has 0 fully saturated rings. The van der Waals surface area contributed by atoms with E-state index >= 15 is 0 Å². The molecule has 0 unspecified atom stereocenters. The SMILES string of the molecule is CCOc1cc2c(cc1OCC)CN(C(=O)Cc1ccc(OCc3c(C)noc3C)cc1)CC2. The van der Waals surface area contributed by atoms with Gasteiger partial charge in [-0.2, -0.15) is 0 Å². The van der Waals surface area contributed by atoms with Crippen LogP contribution in [0.5, 0.6) is 17.2 Å². The Morgan fingerprint density at radius 2 is 1.68 bits per heavy atom. The summed E-state index contributed by atoms with van der Waals surface area (Å²) in [6.45, 7) is 10.5. The zero-order chi connectivity index (χ0) is 24.1. The van der Waals surface area contributed by atoms with Crippen molar-refractivity contribution in [3.8, 4) is 17.2 Å². The Hall–Kier alpha value is -3.48. The first-order chi connectivity index (χ1) is 16.5. The van der Waals surface area contributed by atoms with Crippen LogP contribution >= 0.6 is 0 Å². The lowest BCUT2D eigenvalue weighted by Gasteiger charge is -2.30. The maximum absolute atomic E-state index is 13.0. The van der Waals surface area contributed by atoms with Gasteiger partial charge in [0.15, 0.2) is 11.5 Å². The number of aromatic nitrogens is 1. The molecule has 0 bridgehead atoms. The summed E-state index contributed by atoms with van der Waals surface area (Å²) in [6.07, 6.45) is 1.16. The van der Waals surface area contributed by atoms with Crippen molar-refractivity contribution in [1.82, 2.24) is 10.1 Å². The number of ether oxygens (including phenoxy) is 3. The van der Waals surface area contributed by atoms with Crippen molar-refractivity contribution in [1.29, 1.82) is 0 Å². The molecule has 0 radical (unpaired) electrons. The minimum absolute atomic E-state index is 0.113. The van der Waals surface area contributed by atoms with Gasteiger partial charge in [0.05, 0.1) is 30.9 Å². The summed E-state index contributed by atoms with van der Waals surface area (Å²) < 4.78 is 22.6. The molecule has 2 heterocycles. The van der Waals surface area contributed by atoms with Crippen LogP contribution < -0.4 is 14.2 Å². The lowest BCUT2D eigenvalue weighted by atomic mass is 9.98. The second-order valence-electron chi connectivity index (χ2n) is 8.41. The summed E-state index contributed by atoms with van der Waals surface area (Å²) in [6, 6.07) is 11.8. The Balaban J connectivity index is 1.36. The number of nitrogens with zero attached hydrogens (tertiary/aromatic N) is 2. The van der Waals surface area contributed by atoms with Crippen LogP contribution in [0.4, 0.5) is 0 Å².